The highest BCUT2D eigenvalue weighted by Gasteiger charge is 2.05. The van der Waals surface area contributed by atoms with Crippen LogP contribution < -0.4 is 5.32 Å². The van der Waals surface area contributed by atoms with Gasteiger partial charge >= 0.3 is 0 Å². The summed E-state index contributed by atoms with van der Waals surface area (Å²) in [6.45, 7) is 2.55. The molecule has 4 nitrogen and oxygen atoms in total. The van der Waals surface area contributed by atoms with Gasteiger partial charge in [-0.15, -0.1) is 0 Å². The van der Waals surface area contributed by atoms with Crippen LogP contribution in [0.4, 0.5) is 0 Å². The Balaban J connectivity index is 2.50. The summed E-state index contributed by atoms with van der Waals surface area (Å²) < 4.78 is 0. The first-order chi connectivity index (χ1) is 6.20. The highest BCUT2D eigenvalue weighted by Crippen LogP contribution is 1.96. The largest absolute Gasteiger partial charge is 0.351 e. The van der Waals surface area contributed by atoms with Crippen LogP contribution in [0.2, 0.25) is 0 Å². The van der Waals surface area contributed by atoms with Gasteiger partial charge in [0.2, 0.25) is 0 Å². The Bertz CT molecular complexity index is 276. The van der Waals surface area contributed by atoms with Crippen LogP contribution in [0.3, 0.4) is 0 Å². The number of nitrogens with zero attached hydrogens (tertiary/aromatic N) is 2. The topological polar surface area (TPSA) is 54.9 Å². The molecule has 0 saturated heterocycles. The monoisotopic (exact) mass is 243 g/mol. The molecule has 13 heavy (non-hydrogen) atoms. The molecule has 1 rings (SSSR count). The molecule has 0 aromatic carbocycles. The van der Waals surface area contributed by atoms with Crippen LogP contribution in [-0.4, -0.2) is 27.2 Å². The lowest BCUT2D eigenvalue weighted by Crippen LogP contribution is -2.28. The van der Waals surface area contributed by atoms with E-state index in [1.165, 1.54) is 18.7 Å². The minimum atomic E-state index is -0.146. The van der Waals surface area contributed by atoms with E-state index in [0.29, 0.717) is 12.1 Å². The number of alkyl halides is 1. The normalized spacial score (nSPS) is 12.2. The highest BCUT2D eigenvalue weighted by atomic mass is 79.9. The Morgan fingerprint density at radius 2 is 2.23 bits per heavy atom. The van der Waals surface area contributed by atoms with E-state index in [1.54, 1.807) is 0 Å². The first kappa shape index (κ1) is 10.1. The second-order valence-electron chi connectivity index (χ2n) is 2.62. The SMILES string of the molecule is CC(Br)CNC(=O)c1cncnc1. The number of carbonyl (C=O) groups excluding carboxylic acids is 1. The van der Waals surface area contributed by atoms with Crippen molar-refractivity contribution >= 4 is 21.8 Å². The summed E-state index contributed by atoms with van der Waals surface area (Å²) in [6.07, 6.45) is 4.37. The summed E-state index contributed by atoms with van der Waals surface area (Å²) in [5.74, 6) is -0.146. The van der Waals surface area contributed by atoms with Crippen molar-refractivity contribution in [2.24, 2.45) is 0 Å². The van der Waals surface area contributed by atoms with E-state index < -0.39 is 0 Å². The van der Waals surface area contributed by atoms with Crippen molar-refractivity contribution in [1.82, 2.24) is 15.3 Å². The number of nitrogens with one attached hydrogen (secondary N) is 1. The number of rotatable bonds is 3. The predicted octanol–water partition coefficient (Wildman–Crippen LogP) is 0.990. The van der Waals surface area contributed by atoms with Crippen molar-refractivity contribution in [2.45, 2.75) is 11.8 Å². The number of aromatic nitrogens is 2. The summed E-state index contributed by atoms with van der Waals surface area (Å²) >= 11 is 3.33. The molecule has 1 N–H and O–H groups in total. The second kappa shape index (κ2) is 4.91. The van der Waals surface area contributed by atoms with Gasteiger partial charge in [0.15, 0.2) is 0 Å². The third-order valence-corrected chi connectivity index (χ3v) is 1.69. The number of hydrogen-bond acceptors (Lipinski definition) is 3. The molecular formula is C8H10BrN3O. The van der Waals surface area contributed by atoms with Crippen molar-refractivity contribution in [1.29, 1.82) is 0 Å². The summed E-state index contributed by atoms with van der Waals surface area (Å²) in [7, 11) is 0. The fraction of sp³-hybridized carbons (Fsp3) is 0.375. The zero-order valence-electron chi connectivity index (χ0n) is 7.20. The number of amides is 1. The molecule has 70 valence electrons. The van der Waals surface area contributed by atoms with Crippen LogP contribution in [0.25, 0.3) is 0 Å². The molecule has 1 amide bonds. The summed E-state index contributed by atoms with van der Waals surface area (Å²) in [5.41, 5.74) is 0.482. The molecule has 0 aliphatic heterocycles. The van der Waals surface area contributed by atoms with Crippen molar-refractivity contribution in [3.05, 3.63) is 24.3 Å². The van der Waals surface area contributed by atoms with E-state index >= 15 is 0 Å². The van der Waals surface area contributed by atoms with Crippen LogP contribution in [-0.2, 0) is 0 Å². The van der Waals surface area contributed by atoms with Crippen LogP contribution in [0, 0.1) is 0 Å². The summed E-state index contributed by atoms with van der Waals surface area (Å²) in [5, 5.41) is 2.73. The first-order valence-corrected chi connectivity index (χ1v) is 4.79. The van der Waals surface area contributed by atoms with E-state index in [9.17, 15) is 4.79 Å². The second-order valence-corrected chi connectivity index (χ2v) is 4.18. The Labute approximate surface area is 84.9 Å². The fourth-order valence-corrected chi connectivity index (χ4v) is 0.914. The van der Waals surface area contributed by atoms with Crippen molar-refractivity contribution in [3.63, 3.8) is 0 Å². The highest BCUT2D eigenvalue weighted by molar-refractivity contribution is 9.09. The van der Waals surface area contributed by atoms with Crippen molar-refractivity contribution in [3.8, 4) is 0 Å². The molecular weight excluding hydrogens is 234 g/mol. The molecule has 0 bridgehead atoms. The van der Waals surface area contributed by atoms with Crippen LogP contribution in [0.5, 0.6) is 0 Å². The Morgan fingerprint density at radius 3 is 2.77 bits per heavy atom. The third-order valence-electron chi connectivity index (χ3n) is 1.37. The van der Waals surface area contributed by atoms with Gasteiger partial charge in [-0.2, -0.15) is 0 Å². The van der Waals surface area contributed by atoms with Crippen molar-refractivity contribution < 1.29 is 4.79 Å². The zero-order chi connectivity index (χ0) is 9.68. The zero-order valence-corrected chi connectivity index (χ0v) is 8.78. The van der Waals surface area contributed by atoms with Gasteiger partial charge in [-0.1, -0.05) is 22.9 Å². The van der Waals surface area contributed by atoms with Gasteiger partial charge in [0.05, 0.1) is 5.56 Å². The maximum absolute atomic E-state index is 11.3. The standard InChI is InChI=1S/C8H10BrN3O/c1-6(9)2-12-8(13)7-3-10-5-11-4-7/h3-6H,2H2,1H3,(H,12,13). The van der Waals surface area contributed by atoms with E-state index in [0.717, 1.165) is 0 Å². The molecule has 0 radical (unpaired) electrons. The van der Waals surface area contributed by atoms with Crippen LogP contribution in [0.15, 0.2) is 18.7 Å². The quantitative estimate of drug-likeness (QED) is 0.806. The lowest BCUT2D eigenvalue weighted by atomic mass is 10.3. The third kappa shape index (κ3) is 3.50. The smallest absolute Gasteiger partial charge is 0.254 e. The first-order valence-electron chi connectivity index (χ1n) is 3.87. The van der Waals surface area contributed by atoms with E-state index in [1.807, 2.05) is 6.92 Å². The van der Waals surface area contributed by atoms with Gasteiger partial charge in [0.1, 0.15) is 6.33 Å². The van der Waals surface area contributed by atoms with Gasteiger partial charge in [0, 0.05) is 23.8 Å². The molecule has 0 aliphatic rings. The minimum Gasteiger partial charge on any atom is -0.351 e. The molecule has 1 unspecified atom stereocenters. The molecule has 1 atom stereocenters. The number of halogens is 1. The number of carbonyl (C=O) groups is 1. The number of hydrogen-bond donors (Lipinski definition) is 1. The van der Waals surface area contributed by atoms with Gasteiger partial charge in [0.25, 0.3) is 5.91 Å². The van der Waals surface area contributed by atoms with E-state index in [-0.39, 0.29) is 10.7 Å². The lowest BCUT2D eigenvalue weighted by molar-refractivity contribution is 0.0953. The Kier molecular flexibility index (Phi) is 3.82. The van der Waals surface area contributed by atoms with Gasteiger partial charge < -0.3 is 5.32 Å². The molecule has 0 fully saturated rings. The van der Waals surface area contributed by atoms with Crippen LogP contribution in [0.1, 0.15) is 17.3 Å². The summed E-state index contributed by atoms with van der Waals surface area (Å²) in [6, 6.07) is 0. The van der Waals surface area contributed by atoms with Crippen molar-refractivity contribution in [2.75, 3.05) is 6.54 Å². The maximum Gasteiger partial charge on any atom is 0.254 e. The van der Waals surface area contributed by atoms with Crippen LogP contribution >= 0.6 is 15.9 Å². The average Bonchev–Trinajstić information content (AvgIpc) is 2.15. The van der Waals surface area contributed by atoms with Gasteiger partial charge in [-0.25, -0.2) is 9.97 Å². The van der Waals surface area contributed by atoms with Gasteiger partial charge in [-0.3, -0.25) is 4.79 Å². The Hall–Kier alpha value is -0.970. The van der Waals surface area contributed by atoms with E-state index in [4.69, 9.17) is 0 Å². The summed E-state index contributed by atoms with van der Waals surface area (Å²) in [4.78, 5) is 19.1. The molecule has 1 aromatic rings. The molecule has 0 aliphatic carbocycles. The lowest BCUT2D eigenvalue weighted by Gasteiger charge is -2.05. The maximum atomic E-state index is 11.3. The molecule has 0 saturated carbocycles. The molecule has 1 aromatic heterocycles. The Morgan fingerprint density at radius 1 is 1.62 bits per heavy atom. The predicted molar refractivity (Wildman–Crippen MR) is 52.8 cm³/mol. The molecule has 1 heterocycles. The molecule has 0 spiro atoms. The molecule has 5 heteroatoms. The van der Waals surface area contributed by atoms with E-state index in [2.05, 4.69) is 31.2 Å². The minimum absolute atomic E-state index is 0.146. The van der Waals surface area contributed by atoms with Gasteiger partial charge in [-0.05, 0) is 0 Å². The fourth-order valence-electron chi connectivity index (χ4n) is 0.752. The average molecular weight is 244 g/mol.